The number of esters is 1. The summed E-state index contributed by atoms with van der Waals surface area (Å²) in [7, 11) is 0. The van der Waals surface area contributed by atoms with Crippen LogP contribution in [-0.2, 0) is 0 Å². The highest BCUT2D eigenvalue weighted by Gasteiger charge is 2.14. The third-order valence-electron chi connectivity index (χ3n) is 1.77. The molecule has 0 aliphatic carbocycles. The van der Waals surface area contributed by atoms with E-state index in [-0.39, 0.29) is 0 Å². The standard InChI is InChI=1S/C10H8N2O2S/c1-7-9(15-6-12-7)10(13)14-8-4-2-3-5-11-8/h2-6H,1H3. The van der Waals surface area contributed by atoms with Crippen LogP contribution >= 0.6 is 11.3 Å². The number of ether oxygens (including phenoxy) is 1. The lowest BCUT2D eigenvalue weighted by molar-refractivity contribution is 0.0731. The van der Waals surface area contributed by atoms with Crippen molar-refractivity contribution in [1.82, 2.24) is 9.97 Å². The third-order valence-corrected chi connectivity index (χ3v) is 2.67. The number of aryl methyl sites for hydroxylation is 1. The summed E-state index contributed by atoms with van der Waals surface area (Å²) in [5.74, 6) is -0.107. The third kappa shape index (κ3) is 2.19. The maximum absolute atomic E-state index is 11.6. The molecule has 0 unspecified atom stereocenters. The van der Waals surface area contributed by atoms with E-state index in [1.54, 1.807) is 36.8 Å². The van der Waals surface area contributed by atoms with Crippen LogP contribution in [0.15, 0.2) is 29.9 Å². The minimum absolute atomic E-state index is 0.301. The van der Waals surface area contributed by atoms with Crippen LogP contribution in [0.2, 0.25) is 0 Å². The SMILES string of the molecule is Cc1ncsc1C(=O)Oc1ccccn1. The number of thiazole rings is 1. The number of hydrogen-bond donors (Lipinski definition) is 0. The summed E-state index contributed by atoms with van der Waals surface area (Å²) in [6.07, 6.45) is 1.57. The Kier molecular flexibility index (Phi) is 2.73. The minimum Gasteiger partial charge on any atom is -0.403 e. The molecule has 15 heavy (non-hydrogen) atoms. The number of hydrogen-bond acceptors (Lipinski definition) is 5. The van der Waals surface area contributed by atoms with Crippen LogP contribution in [0.4, 0.5) is 0 Å². The van der Waals surface area contributed by atoms with Crippen LogP contribution in [0.1, 0.15) is 15.4 Å². The quantitative estimate of drug-likeness (QED) is 0.727. The van der Waals surface area contributed by atoms with Crippen LogP contribution in [0, 0.1) is 6.92 Å². The fourth-order valence-corrected chi connectivity index (χ4v) is 1.72. The first kappa shape index (κ1) is 9.79. The predicted molar refractivity (Wildman–Crippen MR) is 56.0 cm³/mol. The molecule has 76 valence electrons. The molecule has 0 radical (unpaired) electrons. The number of pyridine rings is 1. The number of carbonyl (C=O) groups is 1. The minimum atomic E-state index is -0.409. The van der Waals surface area contributed by atoms with Crippen molar-refractivity contribution in [2.45, 2.75) is 6.92 Å². The topological polar surface area (TPSA) is 52.1 Å². The van der Waals surface area contributed by atoms with E-state index in [1.165, 1.54) is 11.3 Å². The van der Waals surface area contributed by atoms with Crippen LogP contribution in [0.3, 0.4) is 0 Å². The first-order valence-electron chi connectivity index (χ1n) is 4.30. The summed E-state index contributed by atoms with van der Waals surface area (Å²) in [5.41, 5.74) is 2.30. The van der Waals surface area contributed by atoms with Gasteiger partial charge in [-0.25, -0.2) is 14.8 Å². The van der Waals surface area contributed by atoms with Crippen LogP contribution in [0.5, 0.6) is 5.88 Å². The van der Waals surface area contributed by atoms with E-state index in [4.69, 9.17) is 4.74 Å². The number of rotatable bonds is 2. The van der Waals surface area contributed by atoms with Gasteiger partial charge in [-0.3, -0.25) is 0 Å². The van der Waals surface area contributed by atoms with Gasteiger partial charge in [0.25, 0.3) is 0 Å². The summed E-state index contributed by atoms with van der Waals surface area (Å²) < 4.78 is 5.06. The lowest BCUT2D eigenvalue weighted by Gasteiger charge is -2.00. The van der Waals surface area contributed by atoms with Crippen molar-refractivity contribution in [3.8, 4) is 5.88 Å². The predicted octanol–water partition coefficient (Wildman–Crippen LogP) is 2.07. The summed E-state index contributed by atoms with van der Waals surface area (Å²) in [6, 6.07) is 5.15. The lowest BCUT2D eigenvalue weighted by Crippen LogP contribution is -2.08. The Labute approximate surface area is 90.6 Å². The Morgan fingerprint density at radius 3 is 2.87 bits per heavy atom. The number of aromatic nitrogens is 2. The molecule has 0 amide bonds. The molecule has 0 N–H and O–H groups in total. The molecule has 0 bridgehead atoms. The average molecular weight is 220 g/mol. The fourth-order valence-electron chi connectivity index (χ4n) is 1.05. The largest absolute Gasteiger partial charge is 0.403 e. The zero-order valence-electron chi connectivity index (χ0n) is 8.01. The average Bonchev–Trinajstić information content (AvgIpc) is 2.66. The molecule has 0 fully saturated rings. The Bertz CT molecular complexity index is 467. The van der Waals surface area contributed by atoms with E-state index in [1.807, 2.05) is 0 Å². The van der Waals surface area contributed by atoms with Gasteiger partial charge in [-0.2, -0.15) is 0 Å². The van der Waals surface area contributed by atoms with Crippen LogP contribution in [0.25, 0.3) is 0 Å². The second-order valence-corrected chi connectivity index (χ2v) is 3.68. The zero-order valence-corrected chi connectivity index (χ0v) is 8.82. The molecule has 2 heterocycles. The van der Waals surface area contributed by atoms with Gasteiger partial charge in [-0.15, -0.1) is 11.3 Å². The van der Waals surface area contributed by atoms with Gasteiger partial charge in [0, 0.05) is 12.3 Å². The van der Waals surface area contributed by atoms with E-state index in [0.717, 1.165) is 0 Å². The second-order valence-electron chi connectivity index (χ2n) is 2.82. The smallest absolute Gasteiger partial charge is 0.356 e. The van der Waals surface area contributed by atoms with Crippen molar-refractivity contribution in [1.29, 1.82) is 0 Å². The molecule has 0 aliphatic rings. The van der Waals surface area contributed by atoms with E-state index < -0.39 is 5.97 Å². The molecule has 0 saturated carbocycles. The molecule has 2 aromatic heterocycles. The van der Waals surface area contributed by atoms with E-state index in [0.29, 0.717) is 16.5 Å². The Hall–Kier alpha value is -1.75. The van der Waals surface area contributed by atoms with Crippen molar-refractivity contribution in [3.05, 3.63) is 40.5 Å². The van der Waals surface area contributed by atoms with Crippen molar-refractivity contribution in [3.63, 3.8) is 0 Å². The highest BCUT2D eigenvalue weighted by Crippen LogP contribution is 2.15. The van der Waals surface area contributed by atoms with Crippen molar-refractivity contribution in [2.75, 3.05) is 0 Å². The highest BCUT2D eigenvalue weighted by atomic mass is 32.1. The molecule has 2 rings (SSSR count). The first-order valence-corrected chi connectivity index (χ1v) is 5.18. The molecular formula is C10H8N2O2S. The van der Waals surface area contributed by atoms with Gasteiger partial charge in [0.1, 0.15) is 4.88 Å². The van der Waals surface area contributed by atoms with E-state index >= 15 is 0 Å². The number of nitrogens with zero attached hydrogens (tertiary/aromatic N) is 2. The second kappa shape index (κ2) is 4.18. The molecule has 2 aromatic rings. The van der Waals surface area contributed by atoms with Crippen LogP contribution in [-0.4, -0.2) is 15.9 Å². The molecule has 0 atom stereocenters. The first-order chi connectivity index (χ1) is 7.27. The Morgan fingerprint density at radius 1 is 1.40 bits per heavy atom. The van der Waals surface area contributed by atoms with Gasteiger partial charge in [-0.1, -0.05) is 6.07 Å². The van der Waals surface area contributed by atoms with E-state index in [2.05, 4.69) is 9.97 Å². The lowest BCUT2D eigenvalue weighted by atomic mass is 10.4. The highest BCUT2D eigenvalue weighted by molar-refractivity contribution is 7.11. The molecule has 4 nitrogen and oxygen atoms in total. The molecule has 0 aliphatic heterocycles. The maximum Gasteiger partial charge on any atom is 0.356 e. The summed E-state index contributed by atoms with van der Waals surface area (Å²) in [6.45, 7) is 1.77. The maximum atomic E-state index is 11.6. The van der Waals surface area contributed by atoms with Gasteiger partial charge in [0.05, 0.1) is 11.2 Å². The molecule has 0 aromatic carbocycles. The monoisotopic (exact) mass is 220 g/mol. The molecular weight excluding hydrogens is 212 g/mol. The Morgan fingerprint density at radius 2 is 2.27 bits per heavy atom. The van der Waals surface area contributed by atoms with Crippen LogP contribution < -0.4 is 4.74 Å². The fraction of sp³-hybridized carbons (Fsp3) is 0.100. The number of carbonyl (C=O) groups excluding carboxylic acids is 1. The molecule has 0 saturated heterocycles. The van der Waals surface area contributed by atoms with Gasteiger partial charge in [0.15, 0.2) is 0 Å². The summed E-state index contributed by atoms with van der Waals surface area (Å²) >= 11 is 1.26. The molecule has 5 heteroatoms. The zero-order chi connectivity index (χ0) is 10.7. The van der Waals surface area contributed by atoms with Gasteiger partial charge in [-0.05, 0) is 13.0 Å². The summed E-state index contributed by atoms with van der Waals surface area (Å²) in [5, 5.41) is 0. The van der Waals surface area contributed by atoms with Crippen molar-refractivity contribution >= 4 is 17.3 Å². The van der Waals surface area contributed by atoms with Crippen molar-refractivity contribution in [2.24, 2.45) is 0 Å². The molecule has 0 spiro atoms. The van der Waals surface area contributed by atoms with E-state index in [9.17, 15) is 4.79 Å². The normalized spacial score (nSPS) is 9.93. The van der Waals surface area contributed by atoms with Gasteiger partial charge in [0.2, 0.25) is 5.88 Å². The summed E-state index contributed by atoms with van der Waals surface area (Å²) in [4.78, 5) is 20.0. The van der Waals surface area contributed by atoms with Gasteiger partial charge >= 0.3 is 5.97 Å². The van der Waals surface area contributed by atoms with Crippen molar-refractivity contribution < 1.29 is 9.53 Å². The van der Waals surface area contributed by atoms with Gasteiger partial charge < -0.3 is 4.74 Å². The Balaban J connectivity index is 2.15.